The van der Waals surface area contributed by atoms with E-state index in [0.717, 1.165) is 29.1 Å². The van der Waals surface area contributed by atoms with E-state index < -0.39 is 0 Å². The van der Waals surface area contributed by atoms with Crippen LogP contribution in [-0.2, 0) is 11.3 Å². The molecule has 0 bridgehead atoms. The van der Waals surface area contributed by atoms with Gasteiger partial charge in [-0.25, -0.2) is 4.68 Å². The van der Waals surface area contributed by atoms with Gasteiger partial charge in [-0.15, -0.1) is 5.10 Å². The van der Waals surface area contributed by atoms with E-state index in [4.69, 9.17) is 4.74 Å². The number of fused-ring (bicyclic) bond motifs is 1. The fourth-order valence-electron chi connectivity index (χ4n) is 3.50. The Morgan fingerprint density at radius 1 is 1.17 bits per heavy atom. The van der Waals surface area contributed by atoms with Gasteiger partial charge in [-0.3, -0.25) is 14.5 Å². The van der Waals surface area contributed by atoms with Crippen LogP contribution >= 0.6 is 0 Å². The van der Waals surface area contributed by atoms with Crippen LogP contribution < -0.4 is 15.6 Å². The third-order valence-electron chi connectivity index (χ3n) is 5.15. The third kappa shape index (κ3) is 4.83. The molecule has 1 amide bonds. The lowest BCUT2D eigenvalue weighted by Gasteiger charge is -2.30. The lowest BCUT2D eigenvalue weighted by molar-refractivity contribution is -0.122. The van der Waals surface area contributed by atoms with Crippen LogP contribution in [0.3, 0.4) is 0 Å². The highest BCUT2D eigenvalue weighted by molar-refractivity contribution is 5.78. The number of aromatic nitrogens is 3. The lowest BCUT2D eigenvalue weighted by atomic mass is 10.0. The first-order valence-electron chi connectivity index (χ1n) is 10.0. The second kappa shape index (κ2) is 9.98. The van der Waals surface area contributed by atoms with Gasteiger partial charge < -0.3 is 10.1 Å². The summed E-state index contributed by atoms with van der Waals surface area (Å²) in [6, 6.07) is 14.8. The van der Waals surface area contributed by atoms with Crippen LogP contribution in [0.25, 0.3) is 10.9 Å². The standard InChI is InChI=1S/C22H27N5O3/c1-4-26(5-2)20(16-9-8-10-17(13-16)30-3)14-23-21(28)15-27-22(29)18-11-6-7-12-19(18)24-25-27/h6-13,20H,4-5,14-15H2,1-3H3,(H,23,28). The molecular formula is C22H27N5O3. The number of amides is 1. The van der Waals surface area contributed by atoms with E-state index in [1.807, 2.05) is 24.3 Å². The number of likely N-dealkylation sites (N-methyl/N-ethyl adjacent to an activating group) is 1. The predicted molar refractivity (Wildman–Crippen MR) is 115 cm³/mol. The smallest absolute Gasteiger partial charge is 0.278 e. The molecule has 1 unspecified atom stereocenters. The zero-order chi connectivity index (χ0) is 21.5. The van der Waals surface area contributed by atoms with E-state index in [1.54, 1.807) is 31.4 Å². The Hall–Kier alpha value is -3.26. The van der Waals surface area contributed by atoms with Crippen molar-refractivity contribution in [3.8, 4) is 5.75 Å². The minimum absolute atomic E-state index is 0.0153. The second-order valence-electron chi connectivity index (χ2n) is 6.89. The van der Waals surface area contributed by atoms with Gasteiger partial charge in [0.25, 0.3) is 5.56 Å². The van der Waals surface area contributed by atoms with Crippen LogP contribution in [0.15, 0.2) is 53.3 Å². The van der Waals surface area contributed by atoms with Crippen molar-refractivity contribution in [1.82, 2.24) is 25.2 Å². The summed E-state index contributed by atoms with van der Waals surface area (Å²) in [6.45, 7) is 6.07. The molecule has 0 saturated heterocycles. The first-order chi connectivity index (χ1) is 14.6. The Labute approximate surface area is 175 Å². The van der Waals surface area contributed by atoms with Gasteiger partial charge in [0, 0.05) is 6.54 Å². The number of nitrogens with one attached hydrogen (secondary N) is 1. The molecule has 1 N–H and O–H groups in total. The van der Waals surface area contributed by atoms with Crippen molar-refractivity contribution < 1.29 is 9.53 Å². The van der Waals surface area contributed by atoms with E-state index in [1.165, 1.54) is 0 Å². The van der Waals surface area contributed by atoms with Crippen molar-refractivity contribution in [2.75, 3.05) is 26.7 Å². The molecule has 8 heteroatoms. The van der Waals surface area contributed by atoms with Crippen LogP contribution in [0, 0.1) is 0 Å². The van der Waals surface area contributed by atoms with E-state index in [2.05, 4.69) is 34.4 Å². The number of carbonyl (C=O) groups is 1. The maximum absolute atomic E-state index is 12.6. The summed E-state index contributed by atoms with van der Waals surface area (Å²) >= 11 is 0. The van der Waals surface area contributed by atoms with Gasteiger partial charge in [-0.05, 0) is 42.9 Å². The van der Waals surface area contributed by atoms with Gasteiger partial charge in [0.2, 0.25) is 5.91 Å². The lowest BCUT2D eigenvalue weighted by Crippen LogP contribution is -2.40. The highest BCUT2D eigenvalue weighted by Crippen LogP contribution is 2.23. The minimum Gasteiger partial charge on any atom is -0.497 e. The highest BCUT2D eigenvalue weighted by atomic mass is 16.5. The monoisotopic (exact) mass is 409 g/mol. The number of hydrogen-bond donors (Lipinski definition) is 1. The van der Waals surface area contributed by atoms with Crippen molar-refractivity contribution >= 4 is 16.8 Å². The van der Waals surface area contributed by atoms with Crippen molar-refractivity contribution in [2.45, 2.75) is 26.4 Å². The average Bonchev–Trinajstić information content (AvgIpc) is 2.78. The molecule has 0 aliphatic heterocycles. The molecular weight excluding hydrogens is 382 g/mol. The summed E-state index contributed by atoms with van der Waals surface area (Å²) in [7, 11) is 1.63. The molecule has 0 aliphatic rings. The Bertz CT molecular complexity index is 1060. The zero-order valence-corrected chi connectivity index (χ0v) is 17.5. The molecule has 1 aromatic heterocycles. The average molecular weight is 409 g/mol. The zero-order valence-electron chi connectivity index (χ0n) is 17.5. The van der Waals surface area contributed by atoms with Crippen LogP contribution in [0.2, 0.25) is 0 Å². The second-order valence-corrected chi connectivity index (χ2v) is 6.89. The number of ether oxygens (including phenoxy) is 1. The van der Waals surface area contributed by atoms with Crippen LogP contribution in [0.1, 0.15) is 25.5 Å². The first-order valence-corrected chi connectivity index (χ1v) is 10.0. The molecule has 30 heavy (non-hydrogen) atoms. The Morgan fingerprint density at radius 3 is 2.67 bits per heavy atom. The van der Waals surface area contributed by atoms with Crippen molar-refractivity contribution in [3.63, 3.8) is 0 Å². The van der Waals surface area contributed by atoms with Crippen LogP contribution in [0.5, 0.6) is 5.75 Å². The third-order valence-corrected chi connectivity index (χ3v) is 5.15. The maximum Gasteiger partial charge on any atom is 0.278 e. The van der Waals surface area contributed by atoms with Crippen LogP contribution in [0.4, 0.5) is 0 Å². The van der Waals surface area contributed by atoms with Gasteiger partial charge >= 0.3 is 0 Å². The summed E-state index contributed by atoms with van der Waals surface area (Å²) in [5.74, 6) is 0.482. The SMILES string of the molecule is CCN(CC)C(CNC(=O)Cn1nnc2ccccc2c1=O)c1cccc(OC)c1. The van der Waals surface area contributed by atoms with Gasteiger partial charge in [0.05, 0.1) is 18.5 Å². The summed E-state index contributed by atoms with van der Waals surface area (Å²) in [4.78, 5) is 27.4. The van der Waals surface area contributed by atoms with E-state index in [0.29, 0.717) is 17.4 Å². The molecule has 0 fully saturated rings. The fraction of sp³-hybridized carbons (Fsp3) is 0.364. The topological polar surface area (TPSA) is 89.4 Å². The first kappa shape index (κ1) is 21.4. The summed E-state index contributed by atoms with van der Waals surface area (Å²) in [6.07, 6.45) is 0. The molecule has 0 spiro atoms. The van der Waals surface area contributed by atoms with E-state index >= 15 is 0 Å². The number of hydrogen-bond acceptors (Lipinski definition) is 6. The number of benzene rings is 2. The Kier molecular flexibility index (Phi) is 7.13. The van der Waals surface area contributed by atoms with Crippen molar-refractivity contribution in [3.05, 3.63) is 64.4 Å². The van der Waals surface area contributed by atoms with Gasteiger partial charge in [-0.2, -0.15) is 0 Å². The van der Waals surface area contributed by atoms with E-state index in [-0.39, 0.29) is 24.1 Å². The Morgan fingerprint density at radius 2 is 1.93 bits per heavy atom. The quantitative estimate of drug-likeness (QED) is 0.581. The minimum atomic E-state index is -0.330. The van der Waals surface area contributed by atoms with Gasteiger partial charge in [0.15, 0.2) is 0 Å². The largest absolute Gasteiger partial charge is 0.497 e. The molecule has 8 nitrogen and oxygen atoms in total. The maximum atomic E-state index is 12.6. The van der Waals surface area contributed by atoms with Crippen molar-refractivity contribution in [1.29, 1.82) is 0 Å². The fourth-order valence-corrected chi connectivity index (χ4v) is 3.50. The van der Waals surface area contributed by atoms with Gasteiger partial charge in [-0.1, -0.05) is 43.3 Å². The predicted octanol–water partition coefficient (Wildman–Crippen LogP) is 2.00. The molecule has 2 aromatic carbocycles. The normalized spacial score (nSPS) is 12.1. The highest BCUT2D eigenvalue weighted by Gasteiger charge is 2.20. The molecule has 1 atom stereocenters. The molecule has 0 saturated carbocycles. The number of rotatable bonds is 9. The van der Waals surface area contributed by atoms with E-state index in [9.17, 15) is 9.59 Å². The van der Waals surface area contributed by atoms with Crippen LogP contribution in [-0.4, -0.2) is 52.5 Å². The number of nitrogens with zero attached hydrogens (tertiary/aromatic N) is 4. The van der Waals surface area contributed by atoms with Gasteiger partial charge in [0.1, 0.15) is 17.8 Å². The summed E-state index contributed by atoms with van der Waals surface area (Å²) < 4.78 is 6.44. The summed E-state index contributed by atoms with van der Waals surface area (Å²) in [5.41, 5.74) is 1.24. The Balaban J connectivity index is 1.74. The molecule has 1 heterocycles. The molecule has 0 radical (unpaired) electrons. The molecule has 0 aliphatic carbocycles. The number of methoxy groups -OCH3 is 1. The molecule has 3 rings (SSSR count). The number of carbonyl (C=O) groups excluding carboxylic acids is 1. The molecule has 158 valence electrons. The summed E-state index contributed by atoms with van der Waals surface area (Å²) in [5, 5.41) is 11.3. The van der Waals surface area contributed by atoms with Crippen molar-refractivity contribution in [2.24, 2.45) is 0 Å². The molecule has 3 aromatic rings.